The van der Waals surface area contributed by atoms with E-state index in [4.69, 9.17) is 16.3 Å². The summed E-state index contributed by atoms with van der Waals surface area (Å²) in [4.78, 5) is 11.7. The second-order valence-corrected chi connectivity index (χ2v) is 7.28. The molecular weight excluding hydrogens is 369 g/mol. The van der Waals surface area contributed by atoms with E-state index in [9.17, 15) is 17.6 Å². The number of esters is 1. The zero-order valence-electron chi connectivity index (χ0n) is 13.4. The molecule has 0 saturated carbocycles. The maximum Gasteiger partial charge on any atom is 0.307 e. The molecule has 8 heteroatoms. The van der Waals surface area contributed by atoms with Gasteiger partial charge in [0.2, 0.25) is 10.0 Å². The topological polar surface area (TPSA) is 72.5 Å². The van der Waals surface area contributed by atoms with E-state index in [0.29, 0.717) is 10.6 Å². The number of hydrogen-bond acceptors (Lipinski definition) is 4. The maximum absolute atomic E-state index is 13.0. The Balaban J connectivity index is 2.33. The molecule has 0 saturated heterocycles. The highest BCUT2D eigenvalue weighted by Crippen LogP contribution is 2.27. The lowest BCUT2D eigenvalue weighted by Gasteiger charge is -2.19. The van der Waals surface area contributed by atoms with E-state index in [1.807, 2.05) is 0 Å². The molecule has 0 spiro atoms. The molecule has 5 nitrogen and oxygen atoms in total. The minimum Gasteiger partial charge on any atom is -0.466 e. The van der Waals surface area contributed by atoms with E-state index in [1.54, 1.807) is 31.2 Å². The summed E-state index contributed by atoms with van der Waals surface area (Å²) in [6.45, 7) is 1.84. The molecule has 25 heavy (non-hydrogen) atoms. The van der Waals surface area contributed by atoms with Crippen LogP contribution in [0, 0.1) is 5.82 Å². The number of rotatable bonds is 7. The molecule has 134 valence electrons. The van der Waals surface area contributed by atoms with Gasteiger partial charge in [-0.3, -0.25) is 4.79 Å². The lowest BCUT2D eigenvalue weighted by Crippen LogP contribution is -2.31. The lowest BCUT2D eigenvalue weighted by molar-refractivity contribution is -0.143. The Morgan fingerprint density at radius 1 is 1.20 bits per heavy atom. The minimum absolute atomic E-state index is 0.116. The van der Waals surface area contributed by atoms with E-state index in [2.05, 4.69) is 4.72 Å². The van der Waals surface area contributed by atoms with Gasteiger partial charge in [0.1, 0.15) is 5.82 Å². The molecule has 0 heterocycles. The van der Waals surface area contributed by atoms with E-state index < -0.39 is 27.9 Å². The Labute approximate surface area is 150 Å². The van der Waals surface area contributed by atoms with Crippen molar-refractivity contribution >= 4 is 27.6 Å². The van der Waals surface area contributed by atoms with Crippen molar-refractivity contribution in [2.24, 2.45) is 0 Å². The molecule has 2 aromatic carbocycles. The number of halogens is 2. The van der Waals surface area contributed by atoms with Crippen LogP contribution in [0.1, 0.15) is 24.9 Å². The smallest absolute Gasteiger partial charge is 0.307 e. The van der Waals surface area contributed by atoms with E-state index in [-0.39, 0.29) is 17.9 Å². The molecular formula is C17H17ClFNO4S. The van der Waals surface area contributed by atoms with Crippen LogP contribution in [0.25, 0.3) is 0 Å². The third-order valence-electron chi connectivity index (χ3n) is 3.38. The summed E-state index contributed by atoms with van der Waals surface area (Å²) in [6.07, 6.45) is -0.224. The molecule has 0 amide bonds. The first kappa shape index (κ1) is 19.4. The summed E-state index contributed by atoms with van der Waals surface area (Å²) in [6, 6.07) is 10.1. The van der Waals surface area contributed by atoms with E-state index >= 15 is 0 Å². The highest BCUT2D eigenvalue weighted by atomic mass is 35.5. The Kier molecular flexibility index (Phi) is 6.52. The van der Waals surface area contributed by atoms with Crippen molar-refractivity contribution in [3.05, 3.63) is 64.9 Å². The number of hydrogen-bond donors (Lipinski definition) is 1. The lowest BCUT2D eigenvalue weighted by atomic mass is 10.1. The van der Waals surface area contributed by atoms with Crippen LogP contribution in [0.4, 0.5) is 4.39 Å². The van der Waals surface area contributed by atoms with Gasteiger partial charge in [-0.25, -0.2) is 17.5 Å². The minimum atomic E-state index is -3.98. The van der Waals surface area contributed by atoms with Gasteiger partial charge in [-0.15, -0.1) is 0 Å². The van der Waals surface area contributed by atoms with Gasteiger partial charge in [-0.1, -0.05) is 29.8 Å². The molecule has 0 aliphatic rings. The molecule has 0 radical (unpaired) electrons. The van der Waals surface area contributed by atoms with Gasteiger partial charge in [-0.2, -0.15) is 0 Å². The van der Waals surface area contributed by atoms with Gasteiger partial charge in [0, 0.05) is 5.02 Å². The van der Waals surface area contributed by atoms with Crippen molar-refractivity contribution in [3.63, 3.8) is 0 Å². The Hall–Kier alpha value is -1.96. The third-order valence-corrected chi connectivity index (χ3v) is 5.21. The van der Waals surface area contributed by atoms with Crippen molar-refractivity contribution in [1.82, 2.24) is 4.72 Å². The number of nitrogens with one attached hydrogen (secondary N) is 1. The standard InChI is InChI=1S/C17H17ClFNO4S/c1-2-24-17(21)11-16(14-5-3-4-6-15(14)18)20-25(22,23)13-9-7-12(19)8-10-13/h3-10,16,20H,2,11H2,1H3. The van der Waals surface area contributed by atoms with Crippen LogP contribution in [0.2, 0.25) is 5.02 Å². The summed E-state index contributed by atoms with van der Waals surface area (Å²) < 4.78 is 45.5. The Morgan fingerprint density at radius 3 is 2.44 bits per heavy atom. The van der Waals surface area contributed by atoms with Gasteiger partial charge in [-0.05, 0) is 42.8 Å². The number of sulfonamides is 1. The first-order chi connectivity index (χ1) is 11.8. The number of carbonyl (C=O) groups is 1. The van der Waals surface area contributed by atoms with Crippen molar-refractivity contribution < 1.29 is 22.3 Å². The van der Waals surface area contributed by atoms with Crippen molar-refractivity contribution in [2.45, 2.75) is 24.3 Å². The van der Waals surface area contributed by atoms with Crippen molar-refractivity contribution in [2.75, 3.05) is 6.61 Å². The molecule has 0 aromatic heterocycles. The molecule has 0 fully saturated rings. The normalized spacial score (nSPS) is 12.6. The number of carbonyl (C=O) groups excluding carboxylic acids is 1. The van der Waals surface area contributed by atoms with Crippen LogP contribution in [0.3, 0.4) is 0 Å². The van der Waals surface area contributed by atoms with Gasteiger partial charge in [0.25, 0.3) is 0 Å². The zero-order chi connectivity index (χ0) is 18.4. The molecule has 0 aliphatic carbocycles. The molecule has 1 atom stereocenters. The van der Waals surface area contributed by atoms with Gasteiger partial charge >= 0.3 is 5.97 Å². The monoisotopic (exact) mass is 385 g/mol. The molecule has 2 aromatic rings. The van der Waals surface area contributed by atoms with Crippen molar-refractivity contribution in [1.29, 1.82) is 0 Å². The highest BCUT2D eigenvalue weighted by molar-refractivity contribution is 7.89. The summed E-state index contributed by atoms with van der Waals surface area (Å²) in [5.74, 6) is -1.11. The molecule has 1 unspecified atom stereocenters. The van der Waals surface area contributed by atoms with E-state index in [0.717, 1.165) is 24.3 Å². The third kappa shape index (κ3) is 5.26. The molecule has 1 N–H and O–H groups in total. The average molecular weight is 386 g/mol. The summed E-state index contributed by atoms with van der Waals surface area (Å²) >= 11 is 6.14. The molecule has 0 aliphatic heterocycles. The second kappa shape index (κ2) is 8.42. The van der Waals surface area contributed by atoms with Gasteiger partial charge < -0.3 is 4.74 Å². The quantitative estimate of drug-likeness (QED) is 0.741. The average Bonchev–Trinajstić information content (AvgIpc) is 2.55. The van der Waals surface area contributed by atoms with Gasteiger partial charge in [0.05, 0.1) is 24.0 Å². The molecule has 2 rings (SSSR count). The second-order valence-electron chi connectivity index (χ2n) is 5.16. The van der Waals surface area contributed by atoms with E-state index in [1.165, 1.54) is 0 Å². The van der Waals surface area contributed by atoms with Crippen LogP contribution in [-0.4, -0.2) is 21.0 Å². The fourth-order valence-corrected chi connectivity index (χ4v) is 3.71. The summed E-state index contributed by atoms with van der Waals surface area (Å²) in [7, 11) is -3.98. The SMILES string of the molecule is CCOC(=O)CC(NS(=O)(=O)c1ccc(F)cc1)c1ccccc1Cl. The highest BCUT2D eigenvalue weighted by Gasteiger charge is 2.25. The van der Waals surface area contributed by atoms with Crippen LogP contribution in [0.15, 0.2) is 53.4 Å². The summed E-state index contributed by atoms with van der Waals surface area (Å²) in [5.41, 5.74) is 0.447. The molecule has 0 bridgehead atoms. The maximum atomic E-state index is 13.0. The summed E-state index contributed by atoms with van der Waals surface area (Å²) in [5, 5.41) is 0.318. The predicted molar refractivity (Wildman–Crippen MR) is 92.2 cm³/mol. The Bertz CT molecular complexity index is 840. The van der Waals surface area contributed by atoms with Crippen molar-refractivity contribution in [3.8, 4) is 0 Å². The largest absolute Gasteiger partial charge is 0.466 e. The van der Waals surface area contributed by atoms with Crippen LogP contribution in [-0.2, 0) is 19.6 Å². The van der Waals surface area contributed by atoms with Crippen LogP contribution >= 0.6 is 11.6 Å². The first-order valence-corrected chi connectivity index (χ1v) is 9.37. The predicted octanol–water partition coefficient (Wildman–Crippen LogP) is 3.45. The fourth-order valence-electron chi connectivity index (χ4n) is 2.23. The number of ether oxygens (including phenoxy) is 1. The zero-order valence-corrected chi connectivity index (χ0v) is 15.0. The fraction of sp³-hybridized carbons (Fsp3) is 0.235. The van der Waals surface area contributed by atoms with Crippen LogP contribution < -0.4 is 4.72 Å². The van der Waals surface area contributed by atoms with Crippen LogP contribution in [0.5, 0.6) is 0 Å². The number of benzene rings is 2. The van der Waals surface area contributed by atoms with Gasteiger partial charge in [0.15, 0.2) is 0 Å². The Morgan fingerprint density at radius 2 is 1.84 bits per heavy atom. The first-order valence-electron chi connectivity index (χ1n) is 7.51.